The second-order valence-electron chi connectivity index (χ2n) is 8.11. The van der Waals surface area contributed by atoms with Gasteiger partial charge in [0, 0.05) is 12.2 Å². The molecule has 0 aliphatic heterocycles. The molecule has 7 heteroatoms. The van der Waals surface area contributed by atoms with E-state index in [2.05, 4.69) is 15.6 Å². The summed E-state index contributed by atoms with van der Waals surface area (Å²) >= 11 is 0. The maximum atomic E-state index is 12.0. The van der Waals surface area contributed by atoms with Crippen molar-refractivity contribution in [2.24, 2.45) is 0 Å². The molecule has 7 nitrogen and oxygen atoms in total. The van der Waals surface area contributed by atoms with E-state index in [1.807, 2.05) is 57.2 Å². The Balaban J connectivity index is 1.46. The molecule has 0 spiro atoms. The van der Waals surface area contributed by atoms with Crippen LogP contribution in [0.5, 0.6) is 0 Å². The molecule has 1 aliphatic carbocycles. The molecule has 1 unspecified atom stereocenters. The maximum Gasteiger partial charge on any atom is 0.407 e. The number of amides is 2. The molecule has 0 radical (unpaired) electrons. The summed E-state index contributed by atoms with van der Waals surface area (Å²) in [7, 11) is 0. The van der Waals surface area contributed by atoms with E-state index in [-0.39, 0.29) is 19.2 Å². The summed E-state index contributed by atoms with van der Waals surface area (Å²) in [4.78, 5) is 28.3. The number of nitrogens with zero attached hydrogens (tertiary/aromatic N) is 1. The molecule has 1 aromatic carbocycles. The third kappa shape index (κ3) is 6.48. The van der Waals surface area contributed by atoms with Gasteiger partial charge in [-0.05, 0) is 56.4 Å². The largest absolute Gasteiger partial charge is 0.445 e. The van der Waals surface area contributed by atoms with Crippen molar-refractivity contribution in [2.75, 3.05) is 0 Å². The Morgan fingerprint density at radius 3 is 2.55 bits per heavy atom. The molecule has 2 aromatic rings. The quantitative estimate of drug-likeness (QED) is 0.806. The van der Waals surface area contributed by atoms with Crippen molar-refractivity contribution in [1.29, 1.82) is 0 Å². The Morgan fingerprint density at radius 2 is 1.83 bits per heavy atom. The number of alkyl carbamates (subject to hydrolysis) is 2. The van der Waals surface area contributed by atoms with Crippen LogP contribution in [-0.4, -0.2) is 28.8 Å². The molecule has 2 amide bonds. The van der Waals surface area contributed by atoms with Crippen molar-refractivity contribution in [2.45, 2.75) is 58.4 Å². The maximum absolute atomic E-state index is 12.0. The normalized spacial score (nSPS) is 15.3. The number of hydrogen-bond acceptors (Lipinski definition) is 5. The van der Waals surface area contributed by atoms with Crippen LogP contribution in [0.15, 0.2) is 42.6 Å². The zero-order chi connectivity index (χ0) is 20.9. The van der Waals surface area contributed by atoms with Gasteiger partial charge in [-0.2, -0.15) is 0 Å². The number of nitrogens with one attached hydrogen (secondary N) is 2. The lowest BCUT2D eigenvalue weighted by Crippen LogP contribution is -2.39. The molecule has 3 rings (SSSR count). The van der Waals surface area contributed by atoms with Crippen LogP contribution >= 0.6 is 0 Å². The summed E-state index contributed by atoms with van der Waals surface area (Å²) in [6.45, 7) is 6.02. The van der Waals surface area contributed by atoms with Crippen LogP contribution in [0, 0.1) is 0 Å². The third-order valence-electron chi connectivity index (χ3n) is 4.42. The van der Waals surface area contributed by atoms with E-state index in [0.717, 1.165) is 22.4 Å². The van der Waals surface area contributed by atoms with Gasteiger partial charge in [-0.1, -0.05) is 30.3 Å². The number of ether oxygens (including phenoxy) is 2. The minimum absolute atomic E-state index is 0.0132. The van der Waals surface area contributed by atoms with E-state index in [1.54, 1.807) is 6.20 Å². The van der Waals surface area contributed by atoms with Crippen molar-refractivity contribution < 1.29 is 19.1 Å². The third-order valence-corrected chi connectivity index (χ3v) is 4.42. The number of fused-ring (bicyclic) bond motifs is 1. The van der Waals surface area contributed by atoms with Crippen LogP contribution in [0.1, 0.15) is 43.2 Å². The topological polar surface area (TPSA) is 89.5 Å². The fraction of sp³-hybridized carbons (Fsp3) is 0.409. The fourth-order valence-corrected chi connectivity index (χ4v) is 3.16. The SMILES string of the molecule is CC(C)(C)OC(=O)NC1Cc2cnc(CNC(=O)OCc3ccccc3)cc2C1. The van der Waals surface area contributed by atoms with Crippen molar-refractivity contribution in [1.82, 2.24) is 15.6 Å². The fourth-order valence-electron chi connectivity index (χ4n) is 3.16. The molecule has 1 aliphatic rings. The number of carbonyl (C=O) groups is 2. The predicted octanol–water partition coefficient (Wildman–Crippen LogP) is 3.50. The van der Waals surface area contributed by atoms with Crippen molar-refractivity contribution in [3.8, 4) is 0 Å². The second-order valence-corrected chi connectivity index (χ2v) is 8.11. The van der Waals surface area contributed by atoms with E-state index in [0.29, 0.717) is 12.8 Å². The summed E-state index contributed by atoms with van der Waals surface area (Å²) < 4.78 is 10.5. The van der Waals surface area contributed by atoms with Gasteiger partial charge in [-0.15, -0.1) is 0 Å². The second kappa shape index (κ2) is 8.94. The average Bonchev–Trinajstić information content (AvgIpc) is 3.05. The average molecular weight is 397 g/mol. The van der Waals surface area contributed by atoms with Gasteiger partial charge < -0.3 is 20.1 Å². The molecule has 0 saturated heterocycles. The van der Waals surface area contributed by atoms with Crippen LogP contribution in [0.3, 0.4) is 0 Å². The number of rotatable bonds is 5. The lowest BCUT2D eigenvalue weighted by atomic mass is 10.1. The Morgan fingerprint density at radius 1 is 1.10 bits per heavy atom. The highest BCUT2D eigenvalue weighted by atomic mass is 16.6. The molecule has 2 N–H and O–H groups in total. The van der Waals surface area contributed by atoms with Crippen LogP contribution in [0.25, 0.3) is 0 Å². The van der Waals surface area contributed by atoms with Gasteiger partial charge in [0.15, 0.2) is 0 Å². The smallest absolute Gasteiger partial charge is 0.407 e. The van der Waals surface area contributed by atoms with Crippen LogP contribution in [0.2, 0.25) is 0 Å². The van der Waals surface area contributed by atoms with Gasteiger partial charge in [0.25, 0.3) is 0 Å². The number of pyridine rings is 1. The molecular weight excluding hydrogens is 370 g/mol. The van der Waals surface area contributed by atoms with E-state index in [9.17, 15) is 9.59 Å². The monoisotopic (exact) mass is 397 g/mol. The van der Waals surface area contributed by atoms with Gasteiger partial charge in [0.2, 0.25) is 0 Å². The molecule has 1 heterocycles. The highest BCUT2D eigenvalue weighted by Gasteiger charge is 2.26. The van der Waals surface area contributed by atoms with E-state index >= 15 is 0 Å². The molecular formula is C22H27N3O4. The first-order valence-electron chi connectivity index (χ1n) is 9.69. The first-order valence-corrected chi connectivity index (χ1v) is 9.69. The Bertz CT molecular complexity index is 862. The zero-order valence-electron chi connectivity index (χ0n) is 17.0. The summed E-state index contributed by atoms with van der Waals surface area (Å²) in [5, 5.41) is 5.62. The highest BCUT2D eigenvalue weighted by molar-refractivity contribution is 5.68. The first kappa shape index (κ1) is 20.6. The van der Waals surface area contributed by atoms with E-state index < -0.39 is 17.8 Å². The van der Waals surface area contributed by atoms with Gasteiger partial charge in [-0.25, -0.2) is 9.59 Å². The predicted molar refractivity (Wildman–Crippen MR) is 108 cm³/mol. The van der Waals surface area contributed by atoms with Crippen molar-refractivity contribution in [3.63, 3.8) is 0 Å². The standard InChI is InChI=1S/C22H27N3O4/c1-22(2,3)29-21(27)25-18-9-16-10-19(23-12-17(16)11-18)13-24-20(26)28-14-15-7-5-4-6-8-15/h4-8,10,12,18H,9,11,13-14H2,1-3H3,(H,24,26)(H,25,27). The molecule has 0 bridgehead atoms. The van der Waals surface area contributed by atoms with Crippen LogP contribution in [-0.2, 0) is 35.5 Å². The highest BCUT2D eigenvalue weighted by Crippen LogP contribution is 2.22. The first-order chi connectivity index (χ1) is 13.8. The lowest BCUT2D eigenvalue weighted by Gasteiger charge is -2.21. The lowest BCUT2D eigenvalue weighted by molar-refractivity contribution is 0.0506. The van der Waals surface area contributed by atoms with E-state index in [4.69, 9.17) is 9.47 Å². The van der Waals surface area contributed by atoms with Gasteiger partial charge in [0.1, 0.15) is 12.2 Å². The van der Waals surface area contributed by atoms with Gasteiger partial charge in [-0.3, -0.25) is 4.98 Å². The molecule has 1 aromatic heterocycles. The Labute approximate surface area is 170 Å². The summed E-state index contributed by atoms with van der Waals surface area (Å²) in [5.41, 5.74) is 3.38. The number of benzene rings is 1. The van der Waals surface area contributed by atoms with Gasteiger partial charge >= 0.3 is 12.2 Å². The van der Waals surface area contributed by atoms with Crippen LogP contribution < -0.4 is 10.6 Å². The van der Waals surface area contributed by atoms with Crippen molar-refractivity contribution in [3.05, 3.63) is 65.0 Å². The summed E-state index contributed by atoms with van der Waals surface area (Å²) in [5.74, 6) is 0. The number of hydrogen-bond donors (Lipinski definition) is 2. The number of carbonyl (C=O) groups excluding carboxylic acids is 2. The van der Waals surface area contributed by atoms with Gasteiger partial charge in [0.05, 0.1) is 12.2 Å². The molecule has 1 atom stereocenters. The summed E-state index contributed by atoms with van der Waals surface area (Å²) in [6, 6.07) is 11.5. The molecule has 154 valence electrons. The minimum atomic E-state index is -0.523. The Kier molecular flexibility index (Phi) is 6.36. The molecule has 0 fully saturated rings. The summed E-state index contributed by atoms with van der Waals surface area (Å²) in [6.07, 6.45) is 2.34. The minimum Gasteiger partial charge on any atom is -0.445 e. The molecule has 29 heavy (non-hydrogen) atoms. The number of aromatic nitrogens is 1. The van der Waals surface area contributed by atoms with Crippen molar-refractivity contribution >= 4 is 12.2 Å². The van der Waals surface area contributed by atoms with E-state index in [1.165, 1.54) is 0 Å². The molecule has 0 saturated carbocycles. The zero-order valence-corrected chi connectivity index (χ0v) is 17.0. The van der Waals surface area contributed by atoms with Crippen LogP contribution in [0.4, 0.5) is 9.59 Å². The Hall–Kier alpha value is -3.09.